The number of benzene rings is 1. The summed E-state index contributed by atoms with van der Waals surface area (Å²) in [7, 11) is -0.0649. The van der Waals surface area contributed by atoms with Gasteiger partial charge in [0.15, 0.2) is 0 Å². The van der Waals surface area contributed by atoms with Crippen molar-refractivity contribution < 1.29 is 8.42 Å². The molecule has 7 nitrogen and oxygen atoms in total. The number of hydrogen-bond donors (Lipinski definition) is 0. The lowest BCUT2D eigenvalue weighted by Gasteiger charge is -2.26. The summed E-state index contributed by atoms with van der Waals surface area (Å²) in [6.45, 7) is 2.38. The minimum absolute atomic E-state index is 0.118. The summed E-state index contributed by atoms with van der Waals surface area (Å²) in [6.07, 6.45) is 6.69. The van der Waals surface area contributed by atoms with Crippen molar-refractivity contribution in [2.24, 2.45) is 0 Å². The van der Waals surface area contributed by atoms with Gasteiger partial charge in [0.1, 0.15) is 4.90 Å². The van der Waals surface area contributed by atoms with Crippen molar-refractivity contribution in [2.45, 2.75) is 30.7 Å². The van der Waals surface area contributed by atoms with Gasteiger partial charge in [0.05, 0.1) is 16.8 Å². The molecule has 4 rings (SSSR count). The van der Waals surface area contributed by atoms with Crippen LogP contribution in [0.15, 0.2) is 53.8 Å². The standard InChI is InChI=1S/C22H24ClN5O2S/c1-15-13-24-11-10-16(15)17-14-25-22(27(2)3)26-21(17)19-8-6-12-28(19)31(29,30)20-9-5-4-7-18(20)23/h4-5,7,9-11,13-14,19H,6,8,12H2,1-3H3. The molecule has 2 aromatic heterocycles. The van der Waals surface area contributed by atoms with Crippen molar-refractivity contribution in [3.05, 3.63) is 65.2 Å². The maximum atomic E-state index is 13.6. The van der Waals surface area contributed by atoms with Crippen LogP contribution >= 0.6 is 11.6 Å². The number of pyridine rings is 1. The quantitative estimate of drug-likeness (QED) is 0.574. The number of hydrogen-bond acceptors (Lipinski definition) is 6. The van der Waals surface area contributed by atoms with Crippen LogP contribution in [0.3, 0.4) is 0 Å². The molecule has 0 amide bonds. The lowest BCUT2D eigenvalue weighted by molar-refractivity contribution is 0.391. The fraction of sp³-hybridized carbons (Fsp3) is 0.318. The van der Waals surface area contributed by atoms with Gasteiger partial charge in [0.2, 0.25) is 16.0 Å². The molecule has 1 unspecified atom stereocenters. The van der Waals surface area contributed by atoms with Gasteiger partial charge in [0, 0.05) is 44.8 Å². The van der Waals surface area contributed by atoms with E-state index in [0.29, 0.717) is 24.6 Å². The van der Waals surface area contributed by atoms with Gasteiger partial charge < -0.3 is 4.90 Å². The Balaban J connectivity index is 1.87. The highest BCUT2D eigenvalue weighted by Crippen LogP contribution is 2.41. The molecule has 1 aliphatic rings. The van der Waals surface area contributed by atoms with Crippen molar-refractivity contribution in [1.82, 2.24) is 19.3 Å². The van der Waals surface area contributed by atoms with Crippen LogP contribution in [0.1, 0.15) is 30.1 Å². The van der Waals surface area contributed by atoms with Crippen LogP contribution in [0.5, 0.6) is 0 Å². The highest BCUT2D eigenvalue weighted by atomic mass is 35.5. The van der Waals surface area contributed by atoms with Crippen molar-refractivity contribution in [3.8, 4) is 11.1 Å². The second kappa shape index (κ2) is 8.53. The number of aromatic nitrogens is 3. The molecule has 1 atom stereocenters. The van der Waals surface area contributed by atoms with E-state index in [9.17, 15) is 8.42 Å². The summed E-state index contributed by atoms with van der Waals surface area (Å²) in [5, 5.41) is 0.218. The second-order valence-electron chi connectivity index (χ2n) is 7.76. The van der Waals surface area contributed by atoms with E-state index in [-0.39, 0.29) is 9.92 Å². The molecule has 3 heterocycles. The first kappa shape index (κ1) is 21.7. The topological polar surface area (TPSA) is 79.3 Å². The lowest BCUT2D eigenvalue weighted by Crippen LogP contribution is -2.32. The molecule has 0 N–H and O–H groups in total. The fourth-order valence-corrected chi connectivity index (χ4v) is 6.07. The predicted octanol–water partition coefficient (Wildman–Crippen LogP) is 4.09. The van der Waals surface area contributed by atoms with E-state index in [1.807, 2.05) is 32.0 Å². The smallest absolute Gasteiger partial charge is 0.245 e. The van der Waals surface area contributed by atoms with Crippen LogP contribution in [0.4, 0.5) is 5.95 Å². The van der Waals surface area contributed by atoms with E-state index >= 15 is 0 Å². The summed E-state index contributed by atoms with van der Waals surface area (Å²) in [5.41, 5.74) is 3.43. The molecular formula is C22H24ClN5O2S. The average molecular weight is 458 g/mol. The Morgan fingerprint density at radius 3 is 2.61 bits per heavy atom. The van der Waals surface area contributed by atoms with Gasteiger partial charge in [-0.25, -0.2) is 18.4 Å². The van der Waals surface area contributed by atoms with Gasteiger partial charge in [-0.15, -0.1) is 0 Å². The van der Waals surface area contributed by atoms with E-state index in [4.69, 9.17) is 16.6 Å². The fourth-order valence-electron chi connectivity index (χ4n) is 3.92. The Morgan fingerprint density at radius 2 is 1.90 bits per heavy atom. The first-order valence-corrected chi connectivity index (χ1v) is 11.8. The lowest BCUT2D eigenvalue weighted by atomic mass is 9.98. The number of sulfonamides is 1. The van der Waals surface area contributed by atoms with E-state index in [2.05, 4.69) is 9.97 Å². The number of aryl methyl sites for hydroxylation is 1. The van der Waals surface area contributed by atoms with Crippen molar-refractivity contribution >= 4 is 27.6 Å². The van der Waals surface area contributed by atoms with Crippen LogP contribution < -0.4 is 4.90 Å². The molecular weight excluding hydrogens is 434 g/mol. The molecule has 0 radical (unpaired) electrons. The number of halogens is 1. The SMILES string of the molecule is Cc1cnccc1-c1cnc(N(C)C)nc1C1CCCN1S(=O)(=O)c1ccccc1Cl. The molecule has 0 spiro atoms. The van der Waals surface area contributed by atoms with Crippen molar-refractivity contribution in [2.75, 3.05) is 25.5 Å². The zero-order valence-electron chi connectivity index (χ0n) is 17.7. The zero-order valence-corrected chi connectivity index (χ0v) is 19.2. The van der Waals surface area contributed by atoms with Crippen molar-refractivity contribution in [1.29, 1.82) is 0 Å². The van der Waals surface area contributed by atoms with Crippen LogP contribution in [-0.2, 0) is 10.0 Å². The average Bonchev–Trinajstić information content (AvgIpc) is 3.25. The zero-order chi connectivity index (χ0) is 22.2. The summed E-state index contributed by atoms with van der Waals surface area (Å²) in [5.74, 6) is 0.535. The third kappa shape index (κ3) is 4.03. The molecule has 0 bridgehead atoms. The summed E-state index contributed by atoms with van der Waals surface area (Å²) in [4.78, 5) is 15.4. The minimum atomic E-state index is -3.79. The van der Waals surface area contributed by atoms with Crippen LogP contribution in [0.25, 0.3) is 11.1 Å². The maximum Gasteiger partial charge on any atom is 0.245 e. The van der Waals surface area contributed by atoms with Gasteiger partial charge in [-0.3, -0.25) is 4.98 Å². The molecule has 3 aromatic rings. The molecule has 1 aromatic carbocycles. The van der Waals surface area contributed by atoms with Crippen LogP contribution in [-0.4, -0.2) is 48.3 Å². The molecule has 9 heteroatoms. The highest BCUT2D eigenvalue weighted by molar-refractivity contribution is 7.89. The predicted molar refractivity (Wildman–Crippen MR) is 122 cm³/mol. The largest absolute Gasteiger partial charge is 0.347 e. The van der Waals surface area contributed by atoms with Gasteiger partial charge in [-0.1, -0.05) is 23.7 Å². The monoisotopic (exact) mass is 457 g/mol. The Labute approximate surface area is 187 Å². The van der Waals surface area contributed by atoms with Crippen LogP contribution in [0.2, 0.25) is 5.02 Å². The Hall–Kier alpha value is -2.55. The third-order valence-corrected chi connectivity index (χ3v) is 7.87. The summed E-state index contributed by atoms with van der Waals surface area (Å²) >= 11 is 6.25. The number of nitrogens with zero attached hydrogens (tertiary/aromatic N) is 5. The number of anilines is 1. The molecule has 1 aliphatic heterocycles. The highest BCUT2D eigenvalue weighted by Gasteiger charge is 2.39. The third-order valence-electron chi connectivity index (χ3n) is 5.46. The first-order chi connectivity index (χ1) is 14.8. The first-order valence-electron chi connectivity index (χ1n) is 10.0. The molecule has 1 saturated heterocycles. The van der Waals surface area contributed by atoms with Gasteiger partial charge in [-0.2, -0.15) is 4.31 Å². The van der Waals surface area contributed by atoms with Crippen molar-refractivity contribution in [3.63, 3.8) is 0 Å². The summed E-state index contributed by atoms with van der Waals surface area (Å²) in [6, 6.07) is 8.05. The summed E-state index contributed by atoms with van der Waals surface area (Å²) < 4.78 is 28.6. The van der Waals surface area contributed by atoms with E-state index < -0.39 is 16.1 Å². The van der Waals surface area contributed by atoms with Gasteiger partial charge >= 0.3 is 0 Å². The molecule has 31 heavy (non-hydrogen) atoms. The maximum absolute atomic E-state index is 13.6. The Bertz CT molecular complexity index is 1220. The Kier molecular flexibility index (Phi) is 5.96. The second-order valence-corrected chi connectivity index (χ2v) is 10.0. The van der Waals surface area contributed by atoms with E-state index in [1.165, 1.54) is 4.31 Å². The van der Waals surface area contributed by atoms with Crippen LogP contribution in [0, 0.1) is 6.92 Å². The Morgan fingerprint density at radius 1 is 1.13 bits per heavy atom. The molecule has 162 valence electrons. The normalized spacial score (nSPS) is 17.1. The molecule has 0 saturated carbocycles. The van der Waals surface area contributed by atoms with E-state index in [1.54, 1.807) is 42.9 Å². The van der Waals surface area contributed by atoms with Gasteiger partial charge in [0.25, 0.3) is 0 Å². The van der Waals surface area contributed by atoms with E-state index in [0.717, 1.165) is 23.1 Å². The molecule has 0 aliphatic carbocycles. The number of rotatable bonds is 5. The van der Waals surface area contributed by atoms with Gasteiger partial charge in [-0.05, 0) is 49.1 Å². The molecule has 1 fully saturated rings. The minimum Gasteiger partial charge on any atom is -0.347 e.